The molecule has 134 valence electrons. The minimum Gasteiger partial charge on any atom is -0.464 e. The van der Waals surface area contributed by atoms with Crippen LogP contribution in [0.1, 0.15) is 41.5 Å². The van der Waals surface area contributed by atoms with Crippen LogP contribution in [-0.2, 0) is 14.1 Å². The van der Waals surface area contributed by atoms with Crippen LogP contribution in [0.15, 0.2) is 24.3 Å². The molecule has 4 nitrogen and oxygen atoms in total. The number of carbonyl (C=O) groups is 1. The van der Waals surface area contributed by atoms with E-state index >= 15 is 0 Å². The fourth-order valence-corrected chi connectivity index (χ4v) is 3.30. The second kappa shape index (κ2) is 9.19. The fourth-order valence-electron chi connectivity index (χ4n) is 2.09. The maximum Gasteiger partial charge on any atom is 0.323 e. The van der Waals surface area contributed by atoms with E-state index in [0.717, 1.165) is 16.2 Å². The van der Waals surface area contributed by atoms with E-state index in [4.69, 9.17) is 9.26 Å². The molecule has 2 unspecified atom stereocenters. The molecule has 2 atom stereocenters. The average molecular weight is 351 g/mol. The van der Waals surface area contributed by atoms with E-state index in [2.05, 4.69) is 17.2 Å². The Bertz CT molecular complexity index is 664. The molecular formula is C19H30NO3P. The highest BCUT2D eigenvalue weighted by atomic mass is 31.2. The molecule has 0 fully saturated rings. The Balaban J connectivity index is 2.69. The molecular weight excluding hydrogens is 321 g/mol. The van der Waals surface area contributed by atoms with Crippen LogP contribution < -0.4 is 15.5 Å². The molecule has 0 aliphatic carbocycles. The maximum atomic E-state index is 12.0. The van der Waals surface area contributed by atoms with Gasteiger partial charge in [-0.2, -0.15) is 0 Å². The van der Waals surface area contributed by atoms with E-state index in [1.807, 2.05) is 59.5 Å². The Labute approximate surface area is 146 Å². The van der Waals surface area contributed by atoms with Crippen molar-refractivity contribution in [1.29, 1.82) is 0 Å². The van der Waals surface area contributed by atoms with E-state index < -0.39 is 14.3 Å². The Morgan fingerprint density at radius 2 is 1.96 bits per heavy atom. The lowest BCUT2D eigenvalue weighted by atomic mass is 9.99. The topological polar surface area (TPSA) is 47.6 Å². The van der Waals surface area contributed by atoms with E-state index in [-0.39, 0.29) is 11.4 Å². The van der Waals surface area contributed by atoms with Crippen molar-refractivity contribution in [2.75, 3.05) is 13.3 Å². The van der Waals surface area contributed by atoms with Gasteiger partial charge in [-0.15, -0.1) is 0 Å². The fraction of sp³-hybridized carbons (Fsp3) is 0.526. The SMILES string of the molecule is CC=c1ccccc1=C(C)OP(C)NC(C)C(=O)OCC(C)(C)C. The molecule has 0 spiro atoms. The molecule has 24 heavy (non-hydrogen) atoms. The first kappa shape index (κ1) is 20.7. The number of benzene rings is 1. The Morgan fingerprint density at radius 3 is 2.54 bits per heavy atom. The lowest BCUT2D eigenvalue weighted by molar-refractivity contribution is -0.147. The second-order valence-corrected chi connectivity index (χ2v) is 8.48. The Kier molecular flexibility index (Phi) is 7.92. The lowest BCUT2D eigenvalue weighted by Gasteiger charge is -2.22. The molecule has 1 aromatic carbocycles. The van der Waals surface area contributed by atoms with Crippen LogP contribution in [0.5, 0.6) is 0 Å². The van der Waals surface area contributed by atoms with Crippen LogP contribution in [0.4, 0.5) is 0 Å². The van der Waals surface area contributed by atoms with Crippen molar-refractivity contribution in [3.05, 3.63) is 34.7 Å². The van der Waals surface area contributed by atoms with Crippen molar-refractivity contribution in [2.24, 2.45) is 5.41 Å². The molecule has 5 heteroatoms. The van der Waals surface area contributed by atoms with Crippen LogP contribution in [0.25, 0.3) is 11.8 Å². The minimum absolute atomic E-state index is 0.0342. The van der Waals surface area contributed by atoms with Gasteiger partial charge in [0.15, 0.2) is 8.30 Å². The first-order valence-corrected chi connectivity index (χ1v) is 9.91. The normalized spacial score (nSPS) is 16.4. The molecule has 0 aliphatic rings. The standard InChI is InChI=1S/C19H30NO3P/c1-8-16-11-9-10-12-17(16)15(3)23-24(7)20-14(2)18(21)22-13-19(4,5)6/h8-12,14,20H,13H2,1-7H3. The zero-order valence-electron chi connectivity index (χ0n) is 15.8. The van der Waals surface area contributed by atoms with Crippen molar-refractivity contribution in [3.8, 4) is 0 Å². The van der Waals surface area contributed by atoms with E-state index in [1.165, 1.54) is 0 Å². The minimum atomic E-state index is -0.973. The van der Waals surface area contributed by atoms with Gasteiger partial charge < -0.3 is 9.26 Å². The molecule has 0 aromatic heterocycles. The van der Waals surface area contributed by atoms with Gasteiger partial charge in [0, 0.05) is 11.9 Å². The smallest absolute Gasteiger partial charge is 0.323 e. The van der Waals surface area contributed by atoms with Crippen molar-refractivity contribution in [3.63, 3.8) is 0 Å². The highest BCUT2D eigenvalue weighted by molar-refractivity contribution is 7.49. The Hall–Kier alpha value is -1.38. The van der Waals surface area contributed by atoms with Gasteiger partial charge in [-0.05, 0) is 31.4 Å². The number of rotatable bonds is 6. The summed E-state index contributed by atoms with van der Waals surface area (Å²) in [6, 6.07) is 7.69. The van der Waals surface area contributed by atoms with Crippen LogP contribution >= 0.6 is 8.30 Å². The number of carbonyl (C=O) groups excluding carboxylic acids is 1. The summed E-state index contributed by atoms with van der Waals surface area (Å²) in [6.07, 6.45) is 2.06. The van der Waals surface area contributed by atoms with Crippen LogP contribution in [0.3, 0.4) is 0 Å². The summed E-state index contributed by atoms with van der Waals surface area (Å²) in [7, 11) is -0.973. The van der Waals surface area contributed by atoms with E-state index in [9.17, 15) is 4.79 Å². The van der Waals surface area contributed by atoms with Crippen molar-refractivity contribution >= 4 is 26.1 Å². The zero-order valence-corrected chi connectivity index (χ0v) is 16.7. The monoisotopic (exact) mass is 351 g/mol. The molecule has 0 saturated heterocycles. The number of ether oxygens (including phenoxy) is 1. The molecule has 0 bridgehead atoms. The largest absolute Gasteiger partial charge is 0.464 e. The molecule has 1 rings (SSSR count). The predicted molar refractivity (Wildman–Crippen MR) is 102 cm³/mol. The summed E-state index contributed by atoms with van der Waals surface area (Å²) in [5.41, 5.74) is -0.0342. The quantitative estimate of drug-likeness (QED) is 0.632. The van der Waals surface area contributed by atoms with Crippen LogP contribution in [0, 0.1) is 5.41 Å². The second-order valence-electron chi connectivity index (χ2n) is 7.04. The van der Waals surface area contributed by atoms with Gasteiger partial charge in [0.1, 0.15) is 11.8 Å². The van der Waals surface area contributed by atoms with Gasteiger partial charge in [-0.1, -0.05) is 51.1 Å². The van der Waals surface area contributed by atoms with Crippen molar-refractivity contribution in [1.82, 2.24) is 5.09 Å². The third-order valence-electron chi connectivity index (χ3n) is 3.30. The van der Waals surface area contributed by atoms with Gasteiger partial charge in [-0.3, -0.25) is 9.88 Å². The third kappa shape index (κ3) is 7.02. The van der Waals surface area contributed by atoms with Crippen LogP contribution in [-0.4, -0.2) is 25.3 Å². The maximum absolute atomic E-state index is 12.0. The molecule has 0 radical (unpaired) electrons. The summed E-state index contributed by atoms with van der Waals surface area (Å²) in [5, 5.41) is 5.39. The van der Waals surface area contributed by atoms with Gasteiger partial charge in [0.25, 0.3) is 0 Å². The first-order valence-electron chi connectivity index (χ1n) is 8.21. The summed E-state index contributed by atoms with van der Waals surface area (Å²) in [5.74, 6) is 0.600. The zero-order chi connectivity index (χ0) is 18.3. The molecule has 0 heterocycles. The summed E-state index contributed by atoms with van der Waals surface area (Å²) in [6.45, 7) is 14.2. The highest BCUT2D eigenvalue weighted by Crippen LogP contribution is 2.31. The number of hydrogen-bond donors (Lipinski definition) is 1. The Morgan fingerprint density at radius 1 is 1.33 bits per heavy atom. The first-order chi connectivity index (χ1) is 11.1. The van der Waals surface area contributed by atoms with Gasteiger partial charge in [0.2, 0.25) is 0 Å². The summed E-state index contributed by atoms with van der Waals surface area (Å²) >= 11 is 0. The van der Waals surface area contributed by atoms with Crippen LogP contribution in [0.2, 0.25) is 0 Å². The van der Waals surface area contributed by atoms with Gasteiger partial charge in [0.05, 0.1) is 6.61 Å². The molecule has 0 saturated carbocycles. The lowest BCUT2D eigenvalue weighted by Crippen LogP contribution is -2.34. The molecule has 0 aliphatic heterocycles. The number of nitrogens with one attached hydrogen (secondary N) is 1. The van der Waals surface area contributed by atoms with Crippen molar-refractivity contribution in [2.45, 2.75) is 47.6 Å². The van der Waals surface area contributed by atoms with E-state index in [0.29, 0.717) is 6.61 Å². The van der Waals surface area contributed by atoms with Gasteiger partial charge in [-0.25, -0.2) is 0 Å². The van der Waals surface area contributed by atoms with Gasteiger partial charge >= 0.3 is 5.97 Å². The predicted octanol–water partition coefficient (Wildman–Crippen LogP) is 3.14. The number of esters is 1. The summed E-state index contributed by atoms with van der Waals surface area (Å²) in [4.78, 5) is 12.0. The third-order valence-corrected chi connectivity index (χ3v) is 4.60. The number of hydrogen-bond acceptors (Lipinski definition) is 4. The highest BCUT2D eigenvalue weighted by Gasteiger charge is 2.20. The average Bonchev–Trinajstić information content (AvgIpc) is 2.51. The molecule has 0 amide bonds. The summed E-state index contributed by atoms with van der Waals surface area (Å²) < 4.78 is 11.3. The molecule has 1 N–H and O–H groups in total. The van der Waals surface area contributed by atoms with Crippen molar-refractivity contribution < 1.29 is 14.1 Å². The molecule has 1 aromatic rings. The van der Waals surface area contributed by atoms with E-state index in [1.54, 1.807) is 6.92 Å².